The second-order valence-corrected chi connectivity index (χ2v) is 12.4. The number of hydrogen-bond donors (Lipinski definition) is 1. The molecule has 4 rings (SSSR count). The lowest BCUT2D eigenvalue weighted by Crippen LogP contribution is -2.54. The van der Waals surface area contributed by atoms with E-state index in [2.05, 4.69) is 5.32 Å². The molecule has 0 heterocycles. The van der Waals surface area contributed by atoms with Gasteiger partial charge in [-0.3, -0.25) is 13.9 Å². The number of carbonyl (C=O) groups excluding carboxylic acids is 2. The molecule has 3 aromatic rings. The summed E-state index contributed by atoms with van der Waals surface area (Å²) >= 11 is 0. The molecule has 0 bridgehead atoms. The highest BCUT2D eigenvalue weighted by molar-refractivity contribution is 7.92. The van der Waals surface area contributed by atoms with E-state index in [1.807, 2.05) is 30.3 Å². The minimum atomic E-state index is -3.93. The molecule has 1 saturated carbocycles. The number of hydrogen-bond acceptors (Lipinski definition) is 5. The molecule has 1 fully saturated rings. The van der Waals surface area contributed by atoms with E-state index in [1.54, 1.807) is 43.3 Å². The van der Waals surface area contributed by atoms with Gasteiger partial charge in [-0.15, -0.1) is 0 Å². The molecule has 1 aliphatic carbocycles. The fourth-order valence-electron chi connectivity index (χ4n) is 5.24. The number of para-hydroxylation sites is 2. The van der Waals surface area contributed by atoms with Gasteiger partial charge in [0, 0.05) is 19.0 Å². The Morgan fingerprint density at radius 3 is 2.24 bits per heavy atom. The standard InChI is InChI=1S/C32H38FN3O5S/c1-3-41-30-16-10-9-15-28(30)36(42(2,39)40)23-31(37)35(22-25-17-19-26(33)20-18-25)29(21-24-11-5-4-6-12-24)32(38)34-27-13-7-8-14-27/h4-6,9-12,15-20,27,29H,3,7-8,13-14,21-23H2,1-2H3,(H,34,38)/t29-/m1/s1. The number of sulfonamides is 1. The van der Waals surface area contributed by atoms with E-state index in [0.717, 1.165) is 41.8 Å². The Hall–Kier alpha value is -3.92. The lowest BCUT2D eigenvalue weighted by molar-refractivity contribution is -0.140. The maximum Gasteiger partial charge on any atom is 0.244 e. The topological polar surface area (TPSA) is 96.0 Å². The van der Waals surface area contributed by atoms with Crippen molar-refractivity contribution in [3.8, 4) is 5.75 Å². The van der Waals surface area contributed by atoms with Crippen molar-refractivity contribution in [3.05, 3.63) is 95.8 Å². The Morgan fingerprint density at radius 2 is 1.60 bits per heavy atom. The third-order valence-corrected chi connectivity index (χ3v) is 8.48. The average molecular weight is 596 g/mol. The second-order valence-electron chi connectivity index (χ2n) is 10.5. The van der Waals surface area contributed by atoms with Crippen LogP contribution in [0.15, 0.2) is 78.9 Å². The SMILES string of the molecule is CCOc1ccccc1N(CC(=O)N(Cc1ccc(F)cc1)[C@H](Cc1ccccc1)C(=O)NC1CCCC1)S(C)(=O)=O. The van der Waals surface area contributed by atoms with Crippen LogP contribution in [0.5, 0.6) is 5.75 Å². The fraction of sp³-hybridized carbons (Fsp3) is 0.375. The van der Waals surface area contributed by atoms with Crippen LogP contribution in [0.2, 0.25) is 0 Å². The van der Waals surface area contributed by atoms with Crippen LogP contribution >= 0.6 is 0 Å². The van der Waals surface area contributed by atoms with Gasteiger partial charge >= 0.3 is 0 Å². The number of amides is 2. The van der Waals surface area contributed by atoms with Crippen LogP contribution in [0.4, 0.5) is 10.1 Å². The molecule has 224 valence electrons. The first-order valence-corrected chi connectivity index (χ1v) is 16.1. The van der Waals surface area contributed by atoms with E-state index in [1.165, 1.54) is 17.0 Å². The minimum Gasteiger partial charge on any atom is -0.492 e. The molecule has 0 saturated heterocycles. The van der Waals surface area contributed by atoms with Crippen LogP contribution in [0.3, 0.4) is 0 Å². The molecule has 0 aromatic heterocycles. The van der Waals surface area contributed by atoms with Crippen LogP contribution in [0, 0.1) is 5.82 Å². The number of rotatable bonds is 13. The van der Waals surface area contributed by atoms with Gasteiger partial charge in [-0.2, -0.15) is 0 Å². The first-order valence-electron chi connectivity index (χ1n) is 14.2. The average Bonchev–Trinajstić information content (AvgIpc) is 3.48. The van der Waals surface area contributed by atoms with Crippen molar-refractivity contribution >= 4 is 27.5 Å². The Labute approximate surface area is 247 Å². The molecule has 3 aromatic carbocycles. The molecule has 1 N–H and O–H groups in total. The van der Waals surface area contributed by atoms with Crippen molar-refractivity contribution in [1.82, 2.24) is 10.2 Å². The van der Waals surface area contributed by atoms with Gasteiger partial charge in [-0.05, 0) is 55.2 Å². The summed E-state index contributed by atoms with van der Waals surface area (Å²) in [5.41, 5.74) is 1.69. The lowest BCUT2D eigenvalue weighted by Gasteiger charge is -2.34. The van der Waals surface area contributed by atoms with E-state index in [-0.39, 0.29) is 30.6 Å². The number of halogens is 1. The molecule has 42 heavy (non-hydrogen) atoms. The predicted octanol–water partition coefficient (Wildman–Crippen LogP) is 4.69. The summed E-state index contributed by atoms with van der Waals surface area (Å²) in [6, 6.07) is 20.8. The highest BCUT2D eigenvalue weighted by atomic mass is 32.2. The van der Waals surface area contributed by atoms with Gasteiger partial charge in [0.1, 0.15) is 24.2 Å². The minimum absolute atomic E-state index is 0.0145. The Kier molecular flexibility index (Phi) is 10.6. The first kappa shape index (κ1) is 31.0. The fourth-order valence-corrected chi connectivity index (χ4v) is 6.10. The second kappa shape index (κ2) is 14.3. The van der Waals surface area contributed by atoms with Gasteiger partial charge in [0.05, 0.1) is 18.6 Å². The monoisotopic (exact) mass is 595 g/mol. The molecule has 0 unspecified atom stereocenters. The molecule has 10 heteroatoms. The first-order chi connectivity index (χ1) is 20.2. The van der Waals surface area contributed by atoms with Crippen LogP contribution in [0.25, 0.3) is 0 Å². The van der Waals surface area contributed by atoms with Crippen molar-refractivity contribution in [1.29, 1.82) is 0 Å². The summed E-state index contributed by atoms with van der Waals surface area (Å²) < 4.78 is 46.5. The molecular formula is C32H38FN3O5S. The van der Waals surface area contributed by atoms with Crippen molar-refractivity contribution in [2.24, 2.45) is 0 Å². The van der Waals surface area contributed by atoms with Crippen LogP contribution in [-0.4, -0.2) is 56.6 Å². The van der Waals surface area contributed by atoms with E-state index in [9.17, 15) is 22.4 Å². The molecule has 1 atom stereocenters. The zero-order valence-corrected chi connectivity index (χ0v) is 24.9. The van der Waals surface area contributed by atoms with Gasteiger partial charge < -0.3 is 15.0 Å². The zero-order valence-electron chi connectivity index (χ0n) is 24.0. The summed E-state index contributed by atoms with van der Waals surface area (Å²) in [5.74, 6) is -0.976. The number of nitrogens with zero attached hydrogens (tertiary/aromatic N) is 2. The molecule has 2 amide bonds. The van der Waals surface area contributed by atoms with Gasteiger partial charge in [-0.25, -0.2) is 12.8 Å². The number of anilines is 1. The van der Waals surface area contributed by atoms with E-state index >= 15 is 0 Å². The smallest absolute Gasteiger partial charge is 0.244 e. The highest BCUT2D eigenvalue weighted by Crippen LogP contribution is 2.30. The third kappa shape index (κ3) is 8.31. The van der Waals surface area contributed by atoms with Crippen LogP contribution < -0.4 is 14.4 Å². The summed E-state index contributed by atoms with van der Waals surface area (Å²) in [6.07, 6.45) is 5.03. The molecule has 0 radical (unpaired) electrons. The van der Waals surface area contributed by atoms with Crippen LogP contribution in [-0.2, 0) is 32.6 Å². The largest absolute Gasteiger partial charge is 0.492 e. The quantitative estimate of drug-likeness (QED) is 0.309. The lowest BCUT2D eigenvalue weighted by atomic mass is 10.0. The Bertz CT molecular complexity index is 1440. The predicted molar refractivity (Wildman–Crippen MR) is 161 cm³/mol. The molecular weight excluding hydrogens is 557 g/mol. The third-order valence-electron chi connectivity index (χ3n) is 7.35. The summed E-state index contributed by atoms with van der Waals surface area (Å²) in [5, 5.41) is 3.13. The normalized spacial score (nSPS) is 14.3. The molecule has 0 spiro atoms. The maximum absolute atomic E-state index is 14.2. The number of nitrogens with one attached hydrogen (secondary N) is 1. The van der Waals surface area contributed by atoms with Crippen molar-refractivity contribution in [2.75, 3.05) is 23.7 Å². The number of benzene rings is 3. The molecule has 1 aliphatic rings. The van der Waals surface area contributed by atoms with Gasteiger partial charge in [0.2, 0.25) is 21.8 Å². The van der Waals surface area contributed by atoms with Gasteiger partial charge in [0.25, 0.3) is 0 Å². The highest BCUT2D eigenvalue weighted by Gasteiger charge is 2.34. The summed E-state index contributed by atoms with van der Waals surface area (Å²) in [4.78, 5) is 29.5. The molecule has 0 aliphatic heterocycles. The summed E-state index contributed by atoms with van der Waals surface area (Å²) in [6.45, 7) is 1.53. The van der Waals surface area contributed by atoms with E-state index < -0.39 is 34.3 Å². The van der Waals surface area contributed by atoms with Crippen molar-refractivity contribution in [2.45, 2.75) is 57.7 Å². The Balaban J connectivity index is 1.73. The van der Waals surface area contributed by atoms with E-state index in [4.69, 9.17) is 4.74 Å². The van der Waals surface area contributed by atoms with E-state index in [0.29, 0.717) is 17.9 Å². The maximum atomic E-state index is 14.2. The molecule has 8 nitrogen and oxygen atoms in total. The van der Waals surface area contributed by atoms with Gasteiger partial charge in [-0.1, -0.05) is 67.4 Å². The number of ether oxygens (including phenoxy) is 1. The van der Waals surface area contributed by atoms with Crippen LogP contribution in [0.1, 0.15) is 43.7 Å². The Morgan fingerprint density at radius 1 is 0.952 bits per heavy atom. The summed E-state index contributed by atoms with van der Waals surface area (Å²) in [7, 11) is -3.93. The van der Waals surface area contributed by atoms with Crippen molar-refractivity contribution < 1.29 is 27.1 Å². The van der Waals surface area contributed by atoms with Gasteiger partial charge in [0.15, 0.2) is 0 Å². The zero-order chi connectivity index (χ0) is 30.1. The number of carbonyl (C=O) groups is 2. The van der Waals surface area contributed by atoms with Crippen molar-refractivity contribution in [3.63, 3.8) is 0 Å².